The summed E-state index contributed by atoms with van der Waals surface area (Å²) < 4.78 is 0. The maximum absolute atomic E-state index is 12.7. The normalized spacial score (nSPS) is 13.2. The summed E-state index contributed by atoms with van der Waals surface area (Å²) in [6.07, 6.45) is 2.02. The van der Waals surface area contributed by atoms with Gasteiger partial charge < -0.3 is 20.4 Å². The summed E-state index contributed by atoms with van der Waals surface area (Å²) in [5, 5.41) is 0. The van der Waals surface area contributed by atoms with Gasteiger partial charge in [0.2, 0.25) is 5.91 Å². The third-order valence-electron chi connectivity index (χ3n) is 3.75. The van der Waals surface area contributed by atoms with E-state index in [0.717, 1.165) is 39.0 Å². The number of hydrogen-bond acceptors (Lipinski definition) is 4. The van der Waals surface area contributed by atoms with Crippen LogP contribution < -0.4 is 5.73 Å². The quantitative estimate of drug-likeness (QED) is 0.617. The van der Waals surface area contributed by atoms with Crippen LogP contribution in [0.1, 0.15) is 26.7 Å². The lowest BCUT2D eigenvalue weighted by molar-refractivity contribution is -0.136. The Balaban J connectivity index is 4.56. The molecule has 0 aromatic rings. The van der Waals surface area contributed by atoms with Gasteiger partial charge in [0.25, 0.3) is 0 Å². The number of carbonyl (C=O) groups excluding carboxylic acids is 1. The van der Waals surface area contributed by atoms with Crippen LogP contribution in [0.2, 0.25) is 0 Å². The highest BCUT2D eigenvalue weighted by Crippen LogP contribution is 2.14. The summed E-state index contributed by atoms with van der Waals surface area (Å²) in [4.78, 5) is 19.0. The van der Waals surface area contributed by atoms with Crippen LogP contribution in [0.3, 0.4) is 0 Å². The third-order valence-corrected chi connectivity index (χ3v) is 3.75. The molecule has 0 aromatic heterocycles. The van der Waals surface area contributed by atoms with Gasteiger partial charge in [-0.05, 0) is 60.0 Å². The van der Waals surface area contributed by atoms with Gasteiger partial charge in [0.05, 0.1) is 5.92 Å². The summed E-state index contributed by atoms with van der Waals surface area (Å²) >= 11 is 0. The van der Waals surface area contributed by atoms with E-state index in [1.807, 2.05) is 4.90 Å². The Hall–Kier alpha value is -0.650. The van der Waals surface area contributed by atoms with E-state index < -0.39 is 0 Å². The molecule has 5 nitrogen and oxygen atoms in total. The summed E-state index contributed by atoms with van der Waals surface area (Å²) in [5.41, 5.74) is 5.80. The first kappa shape index (κ1) is 20.3. The average molecular weight is 300 g/mol. The molecule has 0 heterocycles. The molecule has 0 spiro atoms. The van der Waals surface area contributed by atoms with Crippen molar-refractivity contribution in [3.05, 3.63) is 0 Å². The maximum Gasteiger partial charge on any atom is 0.227 e. The first-order chi connectivity index (χ1) is 9.79. The van der Waals surface area contributed by atoms with Crippen molar-refractivity contribution in [1.82, 2.24) is 14.7 Å². The monoisotopic (exact) mass is 300 g/mol. The summed E-state index contributed by atoms with van der Waals surface area (Å²) in [5.74, 6) is 0.474. The van der Waals surface area contributed by atoms with Gasteiger partial charge in [0.15, 0.2) is 0 Å². The Kier molecular flexibility index (Phi) is 10.6. The predicted octanol–water partition coefficient (Wildman–Crippen LogP) is 0.949. The Morgan fingerprint density at radius 1 is 0.905 bits per heavy atom. The highest BCUT2D eigenvalue weighted by atomic mass is 16.2. The second kappa shape index (κ2) is 11.0. The average Bonchev–Trinajstić information content (AvgIpc) is 2.36. The van der Waals surface area contributed by atoms with E-state index >= 15 is 0 Å². The molecule has 0 radical (unpaired) electrons. The van der Waals surface area contributed by atoms with Crippen LogP contribution in [0.4, 0.5) is 0 Å². The molecule has 21 heavy (non-hydrogen) atoms. The van der Waals surface area contributed by atoms with Crippen molar-refractivity contribution in [2.75, 3.05) is 60.9 Å². The van der Waals surface area contributed by atoms with E-state index in [1.54, 1.807) is 0 Å². The van der Waals surface area contributed by atoms with Gasteiger partial charge in [-0.2, -0.15) is 0 Å². The second-order valence-corrected chi connectivity index (χ2v) is 6.73. The van der Waals surface area contributed by atoms with Crippen molar-refractivity contribution in [3.63, 3.8) is 0 Å². The molecule has 1 atom stereocenters. The molecule has 0 aliphatic heterocycles. The van der Waals surface area contributed by atoms with Crippen LogP contribution in [0.25, 0.3) is 0 Å². The molecule has 126 valence electrons. The Morgan fingerprint density at radius 2 is 1.33 bits per heavy atom. The second-order valence-electron chi connectivity index (χ2n) is 6.73. The Morgan fingerprint density at radius 3 is 1.62 bits per heavy atom. The maximum atomic E-state index is 12.7. The fraction of sp³-hybridized carbons (Fsp3) is 0.938. The van der Waals surface area contributed by atoms with E-state index in [-0.39, 0.29) is 11.8 Å². The SMILES string of the molecule is CC(C)C(CN)C(=O)N(CCCN(C)C)CCCN(C)C. The smallest absolute Gasteiger partial charge is 0.227 e. The summed E-state index contributed by atoms with van der Waals surface area (Å²) in [6, 6.07) is 0. The molecule has 0 aromatic carbocycles. The molecule has 0 bridgehead atoms. The topological polar surface area (TPSA) is 52.8 Å². The first-order valence-electron chi connectivity index (χ1n) is 8.07. The van der Waals surface area contributed by atoms with Crippen LogP contribution in [0.15, 0.2) is 0 Å². The zero-order valence-electron chi connectivity index (χ0n) is 14.9. The Labute approximate surface area is 131 Å². The van der Waals surface area contributed by atoms with Crippen molar-refractivity contribution >= 4 is 5.91 Å². The van der Waals surface area contributed by atoms with Gasteiger partial charge in [0.1, 0.15) is 0 Å². The van der Waals surface area contributed by atoms with E-state index in [9.17, 15) is 4.79 Å². The zero-order valence-corrected chi connectivity index (χ0v) is 14.9. The fourth-order valence-corrected chi connectivity index (χ4v) is 2.38. The highest BCUT2D eigenvalue weighted by molar-refractivity contribution is 5.79. The van der Waals surface area contributed by atoms with Gasteiger partial charge in [-0.1, -0.05) is 13.8 Å². The lowest BCUT2D eigenvalue weighted by atomic mass is 9.94. The molecule has 0 saturated carbocycles. The van der Waals surface area contributed by atoms with E-state index in [0.29, 0.717) is 12.5 Å². The standard InChI is InChI=1S/C16H36N4O/c1-14(2)15(13-17)16(21)20(11-7-9-18(3)4)12-8-10-19(5)6/h14-15H,7-13,17H2,1-6H3. The molecule has 0 saturated heterocycles. The van der Waals surface area contributed by atoms with Crippen LogP contribution >= 0.6 is 0 Å². The molecule has 0 aliphatic rings. The minimum Gasteiger partial charge on any atom is -0.342 e. The number of nitrogens with zero attached hydrogens (tertiary/aromatic N) is 3. The molecule has 1 amide bonds. The number of hydrogen-bond donors (Lipinski definition) is 1. The first-order valence-corrected chi connectivity index (χ1v) is 8.07. The van der Waals surface area contributed by atoms with Gasteiger partial charge >= 0.3 is 0 Å². The molecular formula is C16H36N4O. The zero-order chi connectivity index (χ0) is 16.4. The van der Waals surface area contributed by atoms with E-state index in [4.69, 9.17) is 5.73 Å². The third kappa shape index (κ3) is 9.06. The largest absolute Gasteiger partial charge is 0.342 e. The van der Waals surface area contributed by atoms with Gasteiger partial charge in [-0.15, -0.1) is 0 Å². The van der Waals surface area contributed by atoms with Crippen molar-refractivity contribution in [2.24, 2.45) is 17.6 Å². The van der Waals surface area contributed by atoms with Crippen molar-refractivity contribution in [2.45, 2.75) is 26.7 Å². The molecule has 5 heteroatoms. The molecule has 1 unspecified atom stereocenters. The van der Waals surface area contributed by atoms with Crippen molar-refractivity contribution < 1.29 is 4.79 Å². The van der Waals surface area contributed by atoms with Crippen molar-refractivity contribution in [1.29, 1.82) is 0 Å². The number of nitrogens with two attached hydrogens (primary N) is 1. The fourth-order valence-electron chi connectivity index (χ4n) is 2.38. The molecular weight excluding hydrogens is 264 g/mol. The van der Waals surface area contributed by atoms with Gasteiger partial charge in [0, 0.05) is 19.6 Å². The van der Waals surface area contributed by atoms with Crippen LogP contribution in [-0.4, -0.2) is 81.5 Å². The highest BCUT2D eigenvalue weighted by Gasteiger charge is 2.25. The molecule has 0 fully saturated rings. The van der Waals surface area contributed by atoms with E-state index in [1.165, 1.54) is 0 Å². The van der Waals surface area contributed by atoms with Gasteiger partial charge in [-0.25, -0.2) is 0 Å². The lowest BCUT2D eigenvalue weighted by Crippen LogP contribution is -2.43. The van der Waals surface area contributed by atoms with Crippen molar-refractivity contribution in [3.8, 4) is 0 Å². The summed E-state index contributed by atoms with van der Waals surface area (Å²) in [7, 11) is 8.26. The lowest BCUT2D eigenvalue weighted by Gasteiger charge is -2.29. The number of rotatable bonds is 11. The van der Waals surface area contributed by atoms with E-state index in [2.05, 4.69) is 51.8 Å². The minimum absolute atomic E-state index is 0.0521. The summed E-state index contributed by atoms with van der Waals surface area (Å²) in [6.45, 7) is 8.26. The number of carbonyl (C=O) groups is 1. The minimum atomic E-state index is -0.0521. The predicted molar refractivity (Wildman–Crippen MR) is 90.3 cm³/mol. The van der Waals surface area contributed by atoms with Gasteiger partial charge in [-0.3, -0.25) is 4.79 Å². The van der Waals surface area contributed by atoms with Crippen LogP contribution in [0, 0.1) is 11.8 Å². The number of amides is 1. The van der Waals surface area contributed by atoms with Crippen LogP contribution in [-0.2, 0) is 4.79 Å². The van der Waals surface area contributed by atoms with Crippen LogP contribution in [0.5, 0.6) is 0 Å². The molecule has 2 N–H and O–H groups in total. The molecule has 0 rings (SSSR count). The Bertz CT molecular complexity index is 265. The molecule has 0 aliphatic carbocycles.